The molecule has 1 aromatic heterocycles. The van der Waals surface area contributed by atoms with Crippen molar-refractivity contribution in [1.82, 2.24) is 4.98 Å². The number of hydrogen-bond donors (Lipinski definition) is 1. The van der Waals surface area contributed by atoms with Crippen LogP contribution in [-0.4, -0.2) is 4.98 Å². The molecule has 0 atom stereocenters. The zero-order valence-electron chi connectivity index (χ0n) is 6.05. The number of nitrogens with zero attached hydrogens (tertiary/aromatic N) is 1. The van der Waals surface area contributed by atoms with E-state index in [4.69, 9.17) is 5.73 Å². The molecule has 2 nitrogen and oxygen atoms in total. The number of rotatable bonds is 1. The van der Waals surface area contributed by atoms with Crippen molar-refractivity contribution >= 4 is 21.7 Å². The average molecular weight is 213 g/mol. The maximum atomic E-state index is 5.51. The fourth-order valence-corrected chi connectivity index (χ4v) is 1.82. The lowest BCUT2D eigenvalue weighted by molar-refractivity contribution is 1.07. The van der Waals surface area contributed by atoms with E-state index in [9.17, 15) is 0 Å². The summed E-state index contributed by atoms with van der Waals surface area (Å²) in [5, 5.41) is 0. The second-order valence-corrected chi connectivity index (χ2v) is 3.64. The van der Waals surface area contributed by atoms with Gasteiger partial charge in [0.15, 0.2) is 0 Å². The van der Waals surface area contributed by atoms with Gasteiger partial charge in [-0.2, -0.15) is 0 Å². The molecule has 2 N–H and O–H groups in total. The van der Waals surface area contributed by atoms with E-state index < -0.39 is 0 Å². The van der Waals surface area contributed by atoms with E-state index in [0.29, 0.717) is 5.82 Å². The highest BCUT2D eigenvalue weighted by Gasteiger charge is 2.25. The summed E-state index contributed by atoms with van der Waals surface area (Å²) in [5.41, 5.74) is 6.81. The van der Waals surface area contributed by atoms with Crippen LogP contribution >= 0.6 is 15.9 Å². The fourth-order valence-electron chi connectivity index (χ4n) is 1.16. The van der Waals surface area contributed by atoms with Crippen LogP contribution in [-0.2, 0) is 0 Å². The van der Waals surface area contributed by atoms with Gasteiger partial charge in [0.25, 0.3) is 0 Å². The van der Waals surface area contributed by atoms with Gasteiger partial charge in [0.05, 0.1) is 0 Å². The van der Waals surface area contributed by atoms with Gasteiger partial charge in [-0.15, -0.1) is 0 Å². The zero-order chi connectivity index (χ0) is 7.84. The molecule has 0 spiro atoms. The van der Waals surface area contributed by atoms with Crippen molar-refractivity contribution in [1.29, 1.82) is 0 Å². The molecular formula is C8H9BrN2. The topological polar surface area (TPSA) is 38.9 Å². The van der Waals surface area contributed by atoms with E-state index >= 15 is 0 Å². The Balaban J connectivity index is 2.39. The lowest BCUT2D eigenvalue weighted by Crippen LogP contribution is -1.92. The van der Waals surface area contributed by atoms with Crippen LogP contribution in [0, 0.1) is 0 Å². The molecule has 1 aliphatic rings. The first-order valence-electron chi connectivity index (χ1n) is 3.69. The van der Waals surface area contributed by atoms with Gasteiger partial charge in [0, 0.05) is 0 Å². The molecule has 0 bridgehead atoms. The molecule has 3 heteroatoms. The Morgan fingerprint density at radius 2 is 2.18 bits per heavy atom. The first-order chi connectivity index (χ1) is 5.27. The van der Waals surface area contributed by atoms with E-state index in [1.165, 1.54) is 18.4 Å². The molecule has 0 unspecified atom stereocenters. The van der Waals surface area contributed by atoms with Crippen LogP contribution in [0.15, 0.2) is 16.7 Å². The van der Waals surface area contributed by atoms with Crippen molar-refractivity contribution in [2.45, 2.75) is 18.8 Å². The summed E-state index contributed by atoms with van der Waals surface area (Å²) in [6, 6.07) is 3.92. The molecule has 2 rings (SSSR count). The third kappa shape index (κ3) is 1.38. The Morgan fingerprint density at radius 1 is 1.45 bits per heavy atom. The van der Waals surface area contributed by atoms with Crippen LogP contribution in [0.4, 0.5) is 5.82 Å². The quantitative estimate of drug-likeness (QED) is 0.727. The molecule has 0 radical (unpaired) electrons. The van der Waals surface area contributed by atoms with Crippen LogP contribution in [0.1, 0.15) is 24.3 Å². The second kappa shape index (κ2) is 2.48. The number of aromatic nitrogens is 1. The monoisotopic (exact) mass is 212 g/mol. The second-order valence-electron chi connectivity index (χ2n) is 2.89. The lowest BCUT2D eigenvalue weighted by atomic mass is 10.2. The molecule has 0 amide bonds. The highest BCUT2D eigenvalue weighted by atomic mass is 79.9. The standard InChI is InChI=1S/C8H9BrN2/c9-8-6(5-1-2-5)3-4-7(10)11-8/h3-5H,1-2H2,(H2,10,11). The molecular weight excluding hydrogens is 204 g/mol. The smallest absolute Gasteiger partial charge is 0.124 e. The Kier molecular flexibility index (Phi) is 1.60. The summed E-state index contributed by atoms with van der Waals surface area (Å²) in [6.45, 7) is 0. The first kappa shape index (κ1) is 7.10. The van der Waals surface area contributed by atoms with E-state index in [1.807, 2.05) is 6.07 Å². The number of halogens is 1. The normalized spacial score (nSPS) is 16.8. The van der Waals surface area contributed by atoms with Crippen LogP contribution in [0.2, 0.25) is 0 Å². The minimum absolute atomic E-state index is 0.585. The summed E-state index contributed by atoms with van der Waals surface area (Å²) in [4.78, 5) is 4.13. The van der Waals surface area contributed by atoms with Gasteiger partial charge in [-0.05, 0) is 46.3 Å². The molecule has 0 aromatic carbocycles. The molecule has 1 saturated carbocycles. The lowest BCUT2D eigenvalue weighted by Gasteiger charge is -2.00. The molecule has 58 valence electrons. The van der Waals surface area contributed by atoms with E-state index in [-0.39, 0.29) is 0 Å². The van der Waals surface area contributed by atoms with Gasteiger partial charge in [0.2, 0.25) is 0 Å². The third-order valence-corrected chi connectivity index (χ3v) is 2.55. The maximum Gasteiger partial charge on any atom is 0.124 e. The summed E-state index contributed by atoms with van der Waals surface area (Å²) >= 11 is 3.40. The van der Waals surface area contributed by atoms with Crippen LogP contribution in [0.5, 0.6) is 0 Å². The maximum absolute atomic E-state index is 5.51. The SMILES string of the molecule is Nc1ccc(C2CC2)c(Br)n1. The van der Waals surface area contributed by atoms with Crippen LogP contribution < -0.4 is 5.73 Å². The van der Waals surface area contributed by atoms with Gasteiger partial charge in [0.1, 0.15) is 10.4 Å². The predicted molar refractivity (Wildman–Crippen MR) is 48.3 cm³/mol. The molecule has 0 saturated heterocycles. The van der Waals surface area contributed by atoms with Gasteiger partial charge in [-0.3, -0.25) is 0 Å². The highest BCUT2D eigenvalue weighted by molar-refractivity contribution is 9.10. The summed E-state index contributed by atoms with van der Waals surface area (Å²) in [6.07, 6.45) is 2.59. The van der Waals surface area contributed by atoms with Gasteiger partial charge in [-0.25, -0.2) is 4.98 Å². The fraction of sp³-hybridized carbons (Fsp3) is 0.375. The van der Waals surface area contributed by atoms with Crippen LogP contribution in [0.25, 0.3) is 0 Å². The molecule has 0 aliphatic heterocycles. The first-order valence-corrected chi connectivity index (χ1v) is 4.48. The van der Waals surface area contributed by atoms with Crippen molar-refractivity contribution in [2.24, 2.45) is 0 Å². The summed E-state index contributed by atoms with van der Waals surface area (Å²) in [5.74, 6) is 1.32. The number of nitrogens with two attached hydrogens (primary N) is 1. The predicted octanol–water partition coefficient (Wildman–Crippen LogP) is 2.30. The van der Waals surface area contributed by atoms with E-state index in [1.54, 1.807) is 0 Å². The van der Waals surface area contributed by atoms with E-state index in [2.05, 4.69) is 27.0 Å². The van der Waals surface area contributed by atoms with Crippen molar-refractivity contribution in [3.05, 3.63) is 22.3 Å². The molecule has 1 aliphatic carbocycles. The van der Waals surface area contributed by atoms with Crippen LogP contribution in [0.3, 0.4) is 0 Å². The van der Waals surface area contributed by atoms with Gasteiger partial charge >= 0.3 is 0 Å². The van der Waals surface area contributed by atoms with Gasteiger partial charge < -0.3 is 5.73 Å². The number of anilines is 1. The Morgan fingerprint density at radius 3 is 2.73 bits per heavy atom. The van der Waals surface area contributed by atoms with Crippen molar-refractivity contribution in [3.8, 4) is 0 Å². The van der Waals surface area contributed by atoms with E-state index in [0.717, 1.165) is 10.5 Å². The van der Waals surface area contributed by atoms with Gasteiger partial charge in [-0.1, -0.05) is 6.07 Å². The Labute approximate surface area is 73.9 Å². The van der Waals surface area contributed by atoms with Crippen molar-refractivity contribution in [3.63, 3.8) is 0 Å². The highest BCUT2D eigenvalue weighted by Crippen LogP contribution is 2.42. The Hall–Kier alpha value is -0.570. The average Bonchev–Trinajstić information content (AvgIpc) is 2.70. The number of pyridine rings is 1. The minimum atomic E-state index is 0.585. The van der Waals surface area contributed by atoms with Crippen molar-refractivity contribution in [2.75, 3.05) is 5.73 Å². The summed E-state index contributed by atoms with van der Waals surface area (Å²) in [7, 11) is 0. The number of nitrogen functional groups attached to an aromatic ring is 1. The van der Waals surface area contributed by atoms with Crippen molar-refractivity contribution < 1.29 is 0 Å². The third-order valence-electron chi connectivity index (χ3n) is 1.92. The molecule has 1 fully saturated rings. The molecule has 11 heavy (non-hydrogen) atoms. The Bertz CT molecular complexity index is 281. The minimum Gasteiger partial charge on any atom is -0.384 e. The molecule has 1 heterocycles. The summed E-state index contributed by atoms with van der Waals surface area (Å²) < 4.78 is 0.917. The number of hydrogen-bond acceptors (Lipinski definition) is 2. The zero-order valence-corrected chi connectivity index (χ0v) is 7.63. The molecule has 1 aromatic rings. The largest absolute Gasteiger partial charge is 0.384 e.